The minimum Gasteiger partial charge on any atom is -0.497 e. The Morgan fingerprint density at radius 1 is 1.08 bits per heavy atom. The van der Waals surface area contributed by atoms with E-state index in [2.05, 4.69) is 10.2 Å². The number of sulfonamides is 1. The van der Waals surface area contributed by atoms with Crippen LogP contribution >= 0.6 is 0 Å². The molecule has 138 valence electrons. The van der Waals surface area contributed by atoms with Crippen LogP contribution in [0, 0.1) is 0 Å². The topological polar surface area (TPSA) is 113 Å². The fraction of sp³-hybridized carbons (Fsp3) is 0.312. The monoisotopic (exact) mass is 378 g/mol. The van der Waals surface area contributed by atoms with Crippen molar-refractivity contribution in [2.75, 3.05) is 33.3 Å². The fourth-order valence-electron chi connectivity index (χ4n) is 2.65. The van der Waals surface area contributed by atoms with Crippen LogP contribution in [0.25, 0.3) is 0 Å². The molecule has 2 aromatic rings. The lowest BCUT2D eigenvalue weighted by Crippen LogP contribution is -2.50. The highest BCUT2D eigenvalue weighted by molar-refractivity contribution is 7.89. The molecule has 1 fully saturated rings. The average Bonchev–Trinajstić information content (AvgIpc) is 2.68. The molecule has 0 atom stereocenters. The number of piperazine rings is 1. The number of nitrogens with one attached hydrogen (secondary N) is 1. The maximum atomic E-state index is 12.7. The van der Waals surface area contributed by atoms with Gasteiger partial charge in [-0.25, -0.2) is 13.5 Å². The molecule has 3 rings (SSSR count). The molecule has 1 saturated heterocycles. The molecule has 0 spiro atoms. The Hall–Kier alpha value is -2.72. The van der Waals surface area contributed by atoms with Gasteiger partial charge in [0.05, 0.1) is 12.0 Å². The highest BCUT2D eigenvalue weighted by atomic mass is 32.2. The number of aromatic amines is 1. The number of aromatic nitrogens is 2. The molecule has 0 radical (unpaired) electrons. The Labute approximate surface area is 150 Å². The number of rotatable bonds is 4. The molecule has 1 aromatic carbocycles. The maximum Gasteiger partial charge on any atom is 0.274 e. The van der Waals surface area contributed by atoms with Crippen molar-refractivity contribution in [3.05, 3.63) is 52.4 Å². The summed E-state index contributed by atoms with van der Waals surface area (Å²) in [6.45, 7) is 0.858. The molecule has 1 aliphatic heterocycles. The zero-order valence-corrected chi connectivity index (χ0v) is 14.9. The van der Waals surface area contributed by atoms with E-state index < -0.39 is 15.6 Å². The van der Waals surface area contributed by atoms with Crippen molar-refractivity contribution in [1.29, 1.82) is 0 Å². The first-order valence-corrected chi connectivity index (χ1v) is 9.35. The minimum atomic E-state index is -3.63. The van der Waals surface area contributed by atoms with E-state index in [1.54, 1.807) is 12.1 Å². The van der Waals surface area contributed by atoms with E-state index in [9.17, 15) is 18.0 Å². The molecule has 26 heavy (non-hydrogen) atoms. The smallest absolute Gasteiger partial charge is 0.274 e. The zero-order chi connectivity index (χ0) is 18.7. The van der Waals surface area contributed by atoms with Crippen molar-refractivity contribution in [2.45, 2.75) is 4.90 Å². The number of benzene rings is 1. The predicted molar refractivity (Wildman–Crippen MR) is 92.5 cm³/mol. The Bertz CT molecular complexity index is 927. The summed E-state index contributed by atoms with van der Waals surface area (Å²) in [5.74, 6) is 0.232. The van der Waals surface area contributed by atoms with Gasteiger partial charge < -0.3 is 9.64 Å². The second kappa shape index (κ2) is 7.26. The summed E-state index contributed by atoms with van der Waals surface area (Å²) >= 11 is 0. The van der Waals surface area contributed by atoms with Crippen LogP contribution in [-0.2, 0) is 10.0 Å². The van der Waals surface area contributed by atoms with Crippen LogP contribution in [0.4, 0.5) is 0 Å². The third kappa shape index (κ3) is 3.60. The standard InChI is InChI=1S/C16H18N4O5S/c1-25-12-2-4-13(5-3-12)26(23,24)20-10-8-19(9-11-20)16(22)14-6-7-15(21)18-17-14/h2-7H,8-11H2,1H3,(H,18,21). The van der Waals surface area contributed by atoms with E-state index in [1.807, 2.05) is 0 Å². The molecule has 1 aliphatic rings. The summed E-state index contributed by atoms with van der Waals surface area (Å²) in [5.41, 5.74) is -0.270. The number of nitrogens with zero attached hydrogens (tertiary/aromatic N) is 3. The van der Waals surface area contributed by atoms with Crippen LogP contribution in [0.15, 0.2) is 46.1 Å². The molecule has 1 amide bonds. The molecule has 0 aliphatic carbocycles. The number of ether oxygens (including phenoxy) is 1. The van der Waals surface area contributed by atoms with Crippen molar-refractivity contribution in [1.82, 2.24) is 19.4 Å². The van der Waals surface area contributed by atoms with Gasteiger partial charge in [0, 0.05) is 32.2 Å². The quantitative estimate of drug-likeness (QED) is 0.797. The highest BCUT2D eigenvalue weighted by Gasteiger charge is 2.30. The molecule has 2 heterocycles. The van der Waals surface area contributed by atoms with Crippen LogP contribution < -0.4 is 10.3 Å². The number of hydrogen-bond acceptors (Lipinski definition) is 6. The van der Waals surface area contributed by atoms with Crippen LogP contribution in [0.5, 0.6) is 5.75 Å². The molecule has 1 N–H and O–H groups in total. The van der Waals surface area contributed by atoms with Gasteiger partial charge in [0.1, 0.15) is 11.4 Å². The largest absolute Gasteiger partial charge is 0.497 e. The Balaban J connectivity index is 1.68. The lowest BCUT2D eigenvalue weighted by Gasteiger charge is -2.33. The highest BCUT2D eigenvalue weighted by Crippen LogP contribution is 2.21. The van der Waals surface area contributed by atoms with Gasteiger partial charge in [-0.1, -0.05) is 0 Å². The summed E-state index contributed by atoms with van der Waals surface area (Å²) in [7, 11) is -2.12. The van der Waals surface area contributed by atoms with Crippen molar-refractivity contribution in [2.24, 2.45) is 0 Å². The first kappa shape index (κ1) is 18.1. The number of H-pyrrole nitrogens is 1. The second-order valence-electron chi connectivity index (χ2n) is 5.68. The van der Waals surface area contributed by atoms with Crippen molar-refractivity contribution in [3.63, 3.8) is 0 Å². The second-order valence-corrected chi connectivity index (χ2v) is 7.62. The van der Waals surface area contributed by atoms with Gasteiger partial charge in [-0.15, -0.1) is 0 Å². The first-order chi connectivity index (χ1) is 12.4. The van der Waals surface area contributed by atoms with Gasteiger partial charge in [0.2, 0.25) is 10.0 Å². The number of amides is 1. The molecule has 0 bridgehead atoms. The number of methoxy groups -OCH3 is 1. The Morgan fingerprint density at radius 3 is 2.27 bits per heavy atom. The van der Waals surface area contributed by atoms with Crippen molar-refractivity contribution in [3.8, 4) is 5.75 Å². The molecule has 0 unspecified atom stereocenters. The SMILES string of the molecule is COc1ccc(S(=O)(=O)N2CCN(C(=O)c3ccc(=O)[nH]n3)CC2)cc1. The predicted octanol–water partition coefficient (Wildman–Crippen LogP) is -0.0748. The Kier molecular flexibility index (Phi) is 5.05. The fourth-order valence-corrected chi connectivity index (χ4v) is 4.08. The third-order valence-electron chi connectivity index (χ3n) is 4.12. The Morgan fingerprint density at radius 2 is 1.73 bits per heavy atom. The van der Waals surface area contributed by atoms with Crippen molar-refractivity contribution >= 4 is 15.9 Å². The first-order valence-electron chi connectivity index (χ1n) is 7.91. The van der Waals surface area contributed by atoms with E-state index in [0.29, 0.717) is 5.75 Å². The number of carbonyl (C=O) groups is 1. The molecule has 0 saturated carbocycles. The number of carbonyl (C=O) groups excluding carboxylic acids is 1. The van der Waals surface area contributed by atoms with Gasteiger partial charge in [0.15, 0.2) is 0 Å². The molecule has 10 heteroatoms. The van der Waals surface area contributed by atoms with Crippen LogP contribution in [0.3, 0.4) is 0 Å². The van der Waals surface area contributed by atoms with Gasteiger partial charge in [-0.2, -0.15) is 9.40 Å². The van der Waals surface area contributed by atoms with Gasteiger partial charge >= 0.3 is 0 Å². The minimum absolute atomic E-state index is 0.121. The summed E-state index contributed by atoms with van der Waals surface area (Å²) < 4.78 is 31.8. The summed E-state index contributed by atoms with van der Waals surface area (Å²) in [5, 5.41) is 5.93. The van der Waals surface area contributed by atoms with Crippen LogP contribution in [0.2, 0.25) is 0 Å². The van der Waals surface area contributed by atoms with E-state index in [1.165, 1.54) is 40.6 Å². The number of hydrogen-bond donors (Lipinski definition) is 1. The van der Waals surface area contributed by atoms with Crippen LogP contribution in [-0.4, -0.2) is 67.0 Å². The lowest BCUT2D eigenvalue weighted by atomic mass is 10.3. The third-order valence-corrected chi connectivity index (χ3v) is 6.03. The lowest BCUT2D eigenvalue weighted by molar-refractivity contribution is 0.0690. The van der Waals surface area contributed by atoms with E-state index in [0.717, 1.165) is 0 Å². The summed E-state index contributed by atoms with van der Waals surface area (Å²) in [6, 6.07) is 8.75. The van der Waals surface area contributed by atoms with Crippen molar-refractivity contribution < 1.29 is 17.9 Å². The van der Waals surface area contributed by atoms with Crippen LogP contribution in [0.1, 0.15) is 10.5 Å². The van der Waals surface area contributed by atoms with E-state index >= 15 is 0 Å². The summed E-state index contributed by atoms with van der Waals surface area (Å²) in [6.07, 6.45) is 0. The summed E-state index contributed by atoms with van der Waals surface area (Å²) in [4.78, 5) is 25.1. The molecular weight excluding hydrogens is 360 g/mol. The van der Waals surface area contributed by atoms with Gasteiger partial charge in [-0.3, -0.25) is 9.59 Å². The maximum absolute atomic E-state index is 12.7. The van der Waals surface area contributed by atoms with Gasteiger partial charge in [-0.05, 0) is 30.3 Å². The molecule has 9 nitrogen and oxygen atoms in total. The molecule has 1 aromatic heterocycles. The normalized spacial score (nSPS) is 15.7. The average molecular weight is 378 g/mol. The van der Waals surface area contributed by atoms with E-state index in [4.69, 9.17) is 4.74 Å². The zero-order valence-electron chi connectivity index (χ0n) is 14.1. The molecular formula is C16H18N4O5S. The van der Waals surface area contributed by atoms with Gasteiger partial charge in [0.25, 0.3) is 11.5 Å². The van der Waals surface area contributed by atoms with E-state index in [-0.39, 0.29) is 42.7 Å².